The number of carbonyl (C=O) groups excluding carboxylic acids is 1. The van der Waals surface area contributed by atoms with E-state index in [0.29, 0.717) is 0 Å². The Balaban J connectivity index is -0.0000000125. The van der Waals surface area contributed by atoms with Gasteiger partial charge in [-0.15, -0.1) is 0 Å². The number of aliphatic carboxylic acids is 1. The number of rotatable bonds is 2. The van der Waals surface area contributed by atoms with Crippen LogP contribution in [0.4, 0.5) is 0 Å². The summed E-state index contributed by atoms with van der Waals surface area (Å²) in [5.41, 5.74) is 0. The third-order valence-corrected chi connectivity index (χ3v) is 0.262. The summed E-state index contributed by atoms with van der Waals surface area (Å²) in [5, 5.41) is 9.36. The van der Waals surface area contributed by atoms with Gasteiger partial charge < -0.3 is 36.5 Å². The van der Waals surface area contributed by atoms with E-state index in [4.69, 9.17) is 0 Å². The van der Waals surface area contributed by atoms with Crippen molar-refractivity contribution in [3.05, 3.63) is 0 Å². The van der Waals surface area contributed by atoms with Gasteiger partial charge >= 0.3 is 51.4 Å². The van der Waals surface area contributed by atoms with Crippen molar-refractivity contribution in [2.75, 3.05) is 13.7 Å². The van der Waals surface area contributed by atoms with Crippen LogP contribution < -0.4 is 56.5 Å². The fourth-order valence-electron chi connectivity index (χ4n) is 0.118. The molecule has 8 N–H and O–H groups in total. The van der Waals surface area contributed by atoms with Gasteiger partial charge in [0, 0.05) is 7.11 Å². The van der Waals surface area contributed by atoms with Crippen LogP contribution in [0.25, 0.3) is 0 Å². The third-order valence-electron chi connectivity index (χ3n) is 0.262. The van der Waals surface area contributed by atoms with Gasteiger partial charge in [0.1, 0.15) is 0 Å². The number of carbonyl (C=O) groups is 1. The van der Waals surface area contributed by atoms with Gasteiger partial charge in [-0.2, -0.15) is 0 Å². The topological polar surface area (TPSA) is 175 Å². The van der Waals surface area contributed by atoms with Crippen molar-refractivity contribution in [1.82, 2.24) is 0 Å². The summed E-state index contributed by atoms with van der Waals surface area (Å²) in [6.45, 7) is -0.319. The normalized spacial score (nSPS) is 4.45. The van der Waals surface area contributed by atoms with Crippen molar-refractivity contribution in [3.8, 4) is 0 Å². The van der Waals surface area contributed by atoms with Gasteiger partial charge in [0.2, 0.25) is 0 Å². The molecule has 8 heteroatoms. The van der Waals surface area contributed by atoms with Crippen LogP contribution >= 0.6 is 0 Å². The molecule has 0 heterocycles. The molecular weight excluding hydrogens is 187 g/mol. The molecule has 68 valence electrons. The van der Waals surface area contributed by atoms with E-state index in [1.807, 2.05) is 0 Å². The molecule has 11 heavy (non-hydrogen) atoms. The monoisotopic (exact) mass is 200 g/mol. The van der Waals surface area contributed by atoms with E-state index >= 15 is 0 Å². The van der Waals surface area contributed by atoms with Crippen LogP contribution in [0.2, 0.25) is 0 Å². The first-order valence-electron chi connectivity index (χ1n) is 1.46. The van der Waals surface area contributed by atoms with E-state index in [9.17, 15) is 9.90 Å². The van der Waals surface area contributed by atoms with E-state index in [-0.39, 0.29) is 79.9 Å². The van der Waals surface area contributed by atoms with Gasteiger partial charge in [0.25, 0.3) is 0 Å². The Labute approximate surface area is 106 Å². The summed E-state index contributed by atoms with van der Waals surface area (Å²) >= 11 is 0. The molecule has 0 saturated carbocycles. The van der Waals surface area contributed by atoms with Crippen LogP contribution in [0.3, 0.4) is 0 Å². The predicted octanol–water partition coefficient (Wildman–Crippen LogP) is -7.91. The molecule has 0 radical (unpaired) electrons. The van der Waals surface area contributed by atoms with E-state index < -0.39 is 5.97 Å². The van der Waals surface area contributed by atoms with E-state index in [1.54, 1.807) is 0 Å². The standard InChI is InChI=1S/C3H6O3.K.4H2O/c1-6-2-3(4)5;;;;;/h2H2,1H3,(H,4,5);;4*1H2/q;+1;;;;/p-1. The molecule has 0 rings (SSSR count). The molecule has 0 spiro atoms. The summed E-state index contributed by atoms with van der Waals surface area (Å²) in [4.78, 5) is 9.36. The van der Waals surface area contributed by atoms with Crippen LogP contribution in [-0.2, 0) is 9.53 Å². The number of carboxylic acid groups (broad SMARTS) is 1. The van der Waals surface area contributed by atoms with Crippen molar-refractivity contribution in [1.29, 1.82) is 0 Å². The fourth-order valence-corrected chi connectivity index (χ4v) is 0.118. The maximum atomic E-state index is 9.36. The second kappa shape index (κ2) is 30.7. The molecule has 0 unspecified atom stereocenters. The first kappa shape index (κ1) is 40.6. The SMILES string of the molecule is COCC(=O)[O-].O.O.O.O.[K+]. The number of ether oxygens (including phenoxy) is 1. The molecule has 0 aromatic rings. The van der Waals surface area contributed by atoms with Gasteiger partial charge in [-0.25, -0.2) is 0 Å². The Bertz CT molecular complexity index is 57.6. The predicted molar refractivity (Wildman–Crippen MR) is 31.3 cm³/mol. The van der Waals surface area contributed by atoms with Gasteiger partial charge in [-0.1, -0.05) is 0 Å². The van der Waals surface area contributed by atoms with Crippen molar-refractivity contribution in [2.45, 2.75) is 0 Å². The summed E-state index contributed by atoms with van der Waals surface area (Å²) in [5.74, 6) is -1.18. The molecular formula is C3H13KO7. The number of methoxy groups -OCH3 is 1. The molecule has 0 aromatic carbocycles. The Hall–Kier alpha value is 0.906. The third kappa shape index (κ3) is 56.7. The van der Waals surface area contributed by atoms with Gasteiger partial charge in [0.05, 0.1) is 12.6 Å². The van der Waals surface area contributed by atoms with E-state index in [0.717, 1.165) is 0 Å². The second-order valence-electron chi connectivity index (χ2n) is 0.805. The molecule has 0 bridgehead atoms. The molecule has 0 aliphatic rings. The molecule has 0 saturated heterocycles. The van der Waals surface area contributed by atoms with Gasteiger partial charge in [0.15, 0.2) is 0 Å². The average Bonchev–Trinajstić information content (AvgIpc) is 1.35. The summed E-state index contributed by atoms with van der Waals surface area (Å²) in [6.07, 6.45) is 0. The molecule has 7 nitrogen and oxygen atoms in total. The minimum absolute atomic E-state index is 0. The maximum absolute atomic E-state index is 9.36. The number of carboxylic acids is 1. The molecule has 0 aliphatic carbocycles. The van der Waals surface area contributed by atoms with Gasteiger partial charge in [-0.05, 0) is 0 Å². The summed E-state index contributed by atoms with van der Waals surface area (Å²) in [6, 6.07) is 0. The Morgan fingerprint density at radius 3 is 1.55 bits per heavy atom. The second-order valence-corrected chi connectivity index (χ2v) is 0.805. The number of hydrogen-bond acceptors (Lipinski definition) is 3. The summed E-state index contributed by atoms with van der Waals surface area (Å²) in [7, 11) is 1.30. The number of hydrogen-bond donors (Lipinski definition) is 0. The first-order valence-corrected chi connectivity index (χ1v) is 1.46. The quantitative estimate of drug-likeness (QED) is 0.403. The van der Waals surface area contributed by atoms with Crippen LogP contribution in [0, 0.1) is 0 Å². The Morgan fingerprint density at radius 1 is 1.27 bits per heavy atom. The van der Waals surface area contributed by atoms with E-state index in [1.165, 1.54) is 7.11 Å². The zero-order chi connectivity index (χ0) is 4.99. The zero-order valence-corrected chi connectivity index (χ0v) is 9.55. The minimum Gasteiger partial charge on any atom is -0.548 e. The Morgan fingerprint density at radius 2 is 1.55 bits per heavy atom. The zero-order valence-electron chi connectivity index (χ0n) is 6.43. The fraction of sp³-hybridized carbons (Fsp3) is 0.667. The van der Waals surface area contributed by atoms with Crippen LogP contribution in [0.5, 0.6) is 0 Å². The molecule has 0 fully saturated rings. The molecule has 0 aliphatic heterocycles. The molecule has 0 amide bonds. The first-order chi connectivity index (χ1) is 2.77. The van der Waals surface area contributed by atoms with Crippen LogP contribution in [0.1, 0.15) is 0 Å². The van der Waals surface area contributed by atoms with Crippen LogP contribution in [0.15, 0.2) is 0 Å². The molecule has 0 aromatic heterocycles. The average molecular weight is 200 g/mol. The Kier molecular flexibility index (Phi) is 113. The van der Waals surface area contributed by atoms with Crippen molar-refractivity contribution < 1.29 is 87.9 Å². The minimum atomic E-state index is -1.18. The van der Waals surface area contributed by atoms with Crippen molar-refractivity contribution in [2.24, 2.45) is 0 Å². The largest absolute Gasteiger partial charge is 1.00 e. The summed E-state index contributed by atoms with van der Waals surface area (Å²) < 4.78 is 4.14. The van der Waals surface area contributed by atoms with E-state index in [2.05, 4.69) is 4.74 Å². The smallest absolute Gasteiger partial charge is 0.548 e. The van der Waals surface area contributed by atoms with Crippen molar-refractivity contribution in [3.63, 3.8) is 0 Å². The molecule has 0 atom stereocenters. The van der Waals surface area contributed by atoms with Crippen molar-refractivity contribution >= 4 is 5.97 Å². The van der Waals surface area contributed by atoms with Gasteiger partial charge in [-0.3, -0.25) is 0 Å². The maximum Gasteiger partial charge on any atom is 1.00 e. The van der Waals surface area contributed by atoms with Crippen LogP contribution in [-0.4, -0.2) is 41.6 Å².